The van der Waals surface area contributed by atoms with E-state index in [2.05, 4.69) is 0 Å². The largest absolute Gasteiger partial charge is 0.466 e. The Morgan fingerprint density at radius 2 is 1.65 bits per heavy atom. The van der Waals surface area contributed by atoms with Crippen molar-refractivity contribution in [2.24, 2.45) is 0 Å². The Bertz CT molecular complexity index is 611. The third-order valence-corrected chi connectivity index (χ3v) is 2.63. The van der Waals surface area contributed by atoms with Gasteiger partial charge in [-0.3, -0.25) is 25.0 Å². The molecule has 1 aromatic rings. The lowest BCUT2D eigenvalue weighted by molar-refractivity contribution is -0.394. The SMILES string of the molecule is CCOC(=O)C[C@H](C)OC(=O)c1cc([N+](=O)[O-])cc([N+](=O)[O-])c1. The zero-order chi connectivity index (χ0) is 17.6. The number of carbonyl (C=O) groups is 2. The summed E-state index contributed by atoms with van der Waals surface area (Å²) in [6, 6.07) is 2.47. The van der Waals surface area contributed by atoms with Crippen LogP contribution in [-0.2, 0) is 14.3 Å². The number of rotatable bonds is 7. The van der Waals surface area contributed by atoms with Crippen molar-refractivity contribution in [2.75, 3.05) is 6.61 Å². The molecular weight excluding hydrogens is 312 g/mol. The van der Waals surface area contributed by atoms with E-state index < -0.39 is 39.3 Å². The molecule has 0 saturated carbocycles. The van der Waals surface area contributed by atoms with Crippen molar-refractivity contribution in [3.8, 4) is 0 Å². The second kappa shape index (κ2) is 7.82. The maximum atomic E-state index is 11.9. The molecule has 1 aromatic carbocycles. The van der Waals surface area contributed by atoms with Crippen molar-refractivity contribution in [1.29, 1.82) is 0 Å². The fraction of sp³-hybridized carbons (Fsp3) is 0.385. The van der Waals surface area contributed by atoms with Crippen LogP contribution in [-0.4, -0.2) is 34.5 Å². The summed E-state index contributed by atoms with van der Waals surface area (Å²) in [6.07, 6.45) is -1.05. The smallest absolute Gasteiger partial charge is 0.338 e. The number of hydrogen-bond acceptors (Lipinski definition) is 8. The van der Waals surface area contributed by atoms with Crippen LogP contribution in [0.25, 0.3) is 0 Å². The molecule has 1 rings (SSSR count). The van der Waals surface area contributed by atoms with Gasteiger partial charge in [-0.1, -0.05) is 0 Å². The van der Waals surface area contributed by atoms with Gasteiger partial charge in [0.15, 0.2) is 0 Å². The summed E-state index contributed by atoms with van der Waals surface area (Å²) in [5.74, 6) is -1.58. The molecule has 0 unspecified atom stereocenters. The fourth-order valence-corrected chi connectivity index (χ4v) is 1.67. The molecule has 0 bridgehead atoms. The minimum Gasteiger partial charge on any atom is -0.466 e. The van der Waals surface area contributed by atoms with E-state index in [1.165, 1.54) is 6.92 Å². The number of non-ortho nitro benzene ring substituents is 2. The van der Waals surface area contributed by atoms with Gasteiger partial charge in [0, 0.05) is 12.1 Å². The van der Waals surface area contributed by atoms with Crippen molar-refractivity contribution in [3.05, 3.63) is 44.0 Å². The van der Waals surface area contributed by atoms with Gasteiger partial charge in [-0.25, -0.2) is 4.79 Å². The van der Waals surface area contributed by atoms with Crippen LogP contribution < -0.4 is 0 Å². The van der Waals surface area contributed by atoms with E-state index in [4.69, 9.17) is 9.47 Å². The standard InChI is InChI=1S/C13H14N2O8/c1-3-22-12(16)4-8(2)23-13(17)9-5-10(14(18)19)7-11(6-9)15(20)21/h5-8H,3-4H2,1-2H3/t8-/m0/s1. The second-order valence-corrected chi connectivity index (χ2v) is 4.48. The molecular formula is C13H14N2O8. The number of nitrogens with zero attached hydrogens (tertiary/aromatic N) is 2. The lowest BCUT2D eigenvalue weighted by Crippen LogP contribution is -2.20. The maximum Gasteiger partial charge on any atom is 0.338 e. The van der Waals surface area contributed by atoms with Gasteiger partial charge in [0.25, 0.3) is 11.4 Å². The van der Waals surface area contributed by atoms with Gasteiger partial charge in [0.2, 0.25) is 0 Å². The Labute approximate surface area is 130 Å². The number of nitro benzene ring substituents is 2. The summed E-state index contributed by atoms with van der Waals surface area (Å²) >= 11 is 0. The van der Waals surface area contributed by atoms with Crippen molar-refractivity contribution in [1.82, 2.24) is 0 Å². The predicted octanol–water partition coefficient (Wildman–Crippen LogP) is 2.00. The van der Waals surface area contributed by atoms with Gasteiger partial charge in [0.1, 0.15) is 6.10 Å². The average Bonchev–Trinajstić information content (AvgIpc) is 2.46. The maximum absolute atomic E-state index is 11.9. The molecule has 10 heteroatoms. The summed E-state index contributed by atoms with van der Waals surface area (Å²) in [5, 5.41) is 21.5. The van der Waals surface area contributed by atoms with Crippen LogP contribution in [0, 0.1) is 20.2 Å². The number of benzene rings is 1. The fourth-order valence-electron chi connectivity index (χ4n) is 1.67. The third kappa shape index (κ3) is 5.34. The Balaban J connectivity index is 2.92. The third-order valence-electron chi connectivity index (χ3n) is 2.63. The molecule has 0 radical (unpaired) electrons. The Morgan fingerprint density at radius 3 is 2.09 bits per heavy atom. The highest BCUT2D eigenvalue weighted by Gasteiger charge is 2.22. The molecule has 0 heterocycles. The topological polar surface area (TPSA) is 139 Å². The van der Waals surface area contributed by atoms with Crippen LogP contribution in [0.2, 0.25) is 0 Å². The van der Waals surface area contributed by atoms with Gasteiger partial charge >= 0.3 is 11.9 Å². The summed E-state index contributed by atoms with van der Waals surface area (Å²) in [7, 11) is 0. The molecule has 0 spiro atoms. The summed E-state index contributed by atoms with van der Waals surface area (Å²) in [6.45, 7) is 3.23. The van der Waals surface area contributed by atoms with Crippen molar-refractivity contribution < 1.29 is 28.9 Å². The molecule has 23 heavy (non-hydrogen) atoms. The Kier molecular flexibility index (Phi) is 6.13. The lowest BCUT2D eigenvalue weighted by atomic mass is 10.1. The molecule has 124 valence electrons. The molecule has 10 nitrogen and oxygen atoms in total. The van der Waals surface area contributed by atoms with E-state index in [9.17, 15) is 29.8 Å². The highest BCUT2D eigenvalue weighted by molar-refractivity contribution is 5.91. The predicted molar refractivity (Wildman–Crippen MR) is 75.9 cm³/mol. The van der Waals surface area contributed by atoms with Gasteiger partial charge in [-0.15, -0.1) is 0 Å². The monoisotopic (exact) mass is 326 g/mol. The molecule has 0 aliphatic carbocycles. The Morgan fingerprint density at radius 1 is 1.13 bits per heavy atom. The Hall–Kier alpha value is -3.04. The molecule has 0 amide bonds. The first-order valence-corrected chi connectivity index (χ1v) is 6.55. The van der Waals surface area contributed by atoms with Gasteiger partial charge < -0.3 is 9.47 Å². The molecule has 0 aliphatic rings. The minimum atomic E-state index is -1.01. The first-order chi connectivity index (χ1) is 10.7. The van der Waals surface area contributed by atoms with E-state index >= 15 is 0 Å². The zero-order valence-electron chi connectivity index (χ0n) is 12.4. The van der Waals surface area contributed by atoms with Crippen LogP contribution >= 0.6 is 0 Å². The quantitative estimate of drug-likeness (QED) is 0.421. The van der Waals surface area contributed by atoms with Crippen molar-refractivity contribution in [3.63, 3.8) is 0 Å². The molecule has 0 aliphatic heterocycles. The minimum absolute atomic E-state index is 0.177. The number of ether oxygens (including phenoxy) is 2. The highest BCUT2D eigenvalue weighted by Crippen LogP contribution is 2.23. The highest BCUT2D eigenvalue weighted by atomic mass is 16.6. The number of nitro groups is 2. The van der Waals surface area contributed by atoms with E-state index in [0.29, 0.717) is 0 Å². The molecule has 0 fully saturated rings. The van der Waals surface area contributed by atoms with Gasteiger partial charge in [-0.05, 0) is 13.8 Å². The number of esters is 2. The van der Waals surface area contributed by atoms with Crippen LogP contribution in [0.4, 0.5) is 11.4 Å². The lowest BCUT2D eigenvalue weighted by Gasteiger charge is -2.12. The van der Waals surface area contributed by atoms with Crippen LogP contribution in [0.5, 0.6) is 0 Å². The first-order valence-electron chi connectivity index (χ1n) is 6.55. The van der Waals surface area contributed by atoms with Crippen LogP contribution in [0.15, 0.2) is 18.2 Å². The second-order valence-electron chi connectivity index (χ2n) is 4.48. The summed E-state index contributed by atoms with van der Waals surface area (Å²) < 4.78 is 9.63. The average molecular weight is 326 g/mol. The van der Waals surface area contributed by atoms with Gasteiger partial charge in [0.05, 0.1) is 34.5 Å². The zero-order valence-corrected chi connectivity index (χ0v) is 12.4. The molecule has 0 N–H and O–H groups in total. The number of carbonyl (C=O) groups excluding carboxylic acids is 2. The normalized spacial score (nSPS) is 11.4. The van der Waals surface area contributed by atoms with Crippen LogP contribution in [0.3, 0.4) is 0 Å². The van der Waals surface area contributed by atoms with E-state index in [0.717, 1.165) is 18.2 Å². The van der Waals surface area contributed by atoms with Gasteiger partial charge in [-0.2, -0.15) is 0 Å². The van der Waals surface area contributed by atoms with Crippen molar-refractivity contribution in [2.45, 2.75) is 26.4 Å². The van der Waals surface area contributed by atoms with E-state index in [1.807, 2.05) is 0 Å². The first kappa shape index (κ1) is 18.0. The molecule has 0 saturated heterocycles. The molecule has 1 atom stereocenters. The summed E-state index contributed by atoms with van der Waals surface area (Å²) in [5.41, 5.74) is -1.56. The van der Waals surface area contributed by atoms with Crippen molar-refractivity contribution >= 4 is 23.3 Å². The number of hydrogen-bond donors (Lipinski definition) is 0. The van der Waals surface area contributed by atoms with E-state index in [-0.39, 0.29) is 18.6 Å². The summed E-state index contributed by atoms with van der Waals surface area (Å²) in [4.78, 5) is 43.0. The van der Waals surface area contributed by atoms with E-state index in [1.54, 1.807) is 6.92 Å². The van der Waals surface area contributed by atoms with Crippen LogP contribution in [0.1, 0.15) is 30.6 Å². The molecule has 0 aromatic heterocycles.